The first kappa shape index (κ1) is 17.4. The standard InChI is InChI=1S/C17H19ClN4O3/c1-9-8-10(2)22(20-9)14-7-6-13(18)15(19-14)16(23)21(12-4-5-12)11(3)17(24)25/h6-8,11-12H,4-5H2,1-3H3,(H,24,25). The van der Waals surface area contributed by atoms with E-state index in [1.54, 1.807) is 16.8 Å². The lowest BCUT2D eigenvalue weighted by molar-refractivity contribution is -0.141. The highest BCUT2D eigenvalue weighted by molar-refractivity contribution is 6.33. The molecule has 1 atom stereocenters. The van der Waals surface area contributed by atoms with E-state index in [2.05, 4.69) is 10.1 Å². The highest BCUT2D eigenvalue weighted by atomic mass is 35.5. The van der Waals surface area contributed by atoms with Crippen molar-refractivity contribution in [2.75, 3.05) is 0 Å². The zero-order valence-corrected chi connectivity index (χ0v) is 15.0. The van der Waals surface area contributed by atoms with E-state index in [0.717, 1.165) is 24.2 Å². The van der Waals surface area contributed by atoms with Gasteiger partial charge in [-0.1, -0.05) is 11.6 Å². The number of aliphatic carboxylic acids is 1. The van der Waals surface area contributed by atoms with Gasteiger partial charge in [0.2, 0.25) is 0 Å². The summed E-state index contributed by atoms with van der Waals surface area (Å²) in [5.41, 5.74) is 1.76. The van der Waals surface area contributed by atoms with E-state index in [1.165, 1.54) is 11.8 Å². The number of aromatic nitrogens is 3. The zero-order valence-electron chi connectivity index (χ0n) is 14.2. The van der Waals surface area contributed by atoms with Gasteiger partial charge in [0.15, 0.2) is 5.82 Å². The smallest absolute Gasteiger partial charge is 0.326 e. The SMILES string of the molecule is Cc1cc(C)n(-c2ccc(Cl)c(C(=O)N(C3CC3)C(C)C(=O)O)n2)n1. The van der Waals surface area contributed by atoms with Crippen molar-refractivity contribution in [3.05, 3.63) is 40.3 Å². The topological polar surface area (TPSA) is 88.3 Å². The average Bonchev–Trinajstić information content (AvgIpc) is 3.32. The lowest BCUT2D eigenvalue weighted by atomic mass is 10.2. The summed E-state index contributed by atoms with van der Waals surface area (Å²) in [5, 5.41) is 13.9. The van der Waals surface area contributed by atoms with Crippen LogP contribution in [0.4, 0.5) is 0 Å². The average molecular weight is 363 g/mol. The molecule has 1 amide bonds. The molecule has 2 heterocycles. The summed E-state index contributed by atoms with van der Waals surface area (Å²) >= 11 is 6.19. The fourth-order valence-corrected chi connectivity index (χ4v) is 3.00. The number of amides is 1. The Kier molecular flexibility index (Phi) is 4.51. The molecule has 0 spiro atoms. The number of nitrogens with zero attached hydrogens (tertiary/aromatic N) is 4. The molecule has 1 unspecified atom stereocenters. The number of carbonyl (C=O) groups is 2. The van der Waals surface area contributed by atoms with Crippen LogP contribution in [-0.2, 0) is 4.79 Å². The van der Waals surface area contributed by atoms with E-state index in [4.69, 9.17) is 11.6 Å². The third-order valence-corrected chi connectivity index (χ3v) is 4.51. The van der Waals surface area contributed by atoms with Gasteiger partial charge in [-0.2, -0.15) is 5.10 Å². The highest BCUT2D eigenvalue weighted by Crippen LogP contribution is 2.31. The van der Waals surface area contributed by atoms with Gasteiger partial charge in [0.25, 0.3) is 5.91 Å². The Labute approximate surface area is 150 Å². The number of pyridine rings is 1. The summed E-state index contributed by atoms with van der Waals surface area (Å²) in [7, 11) is 0. The Morgan fingerprint density at radius 1 is 1.36 bits per heavy atom. The van der Waals surface area contributed by atoms with Gasteiger partial charge in [-0.25, -0.2) is 14.5 Å². The van der Waals surface area contributed by atoms with Crippen molar-refractivity contribution < 1.29 is 14.7 Å². The van der Waals surface area contributed by atoms with Crippen LogP contribution in [0, 0.1) is 13.8 Å². The van der Waals surface area contributed by atoms with Crippen molar-refractivity contribution >= 4 is 23.5 Å². The molecule has 1 aliphatic rings. The minimum absolute atomic E-state index is 0.0479. The van der Waals surface area contributed by atoms with Gasteiger partial charge in [-0.3, -0.25) is 4.79 Å². The Morgan fingerprint density at radius 3 is 2.56 bits per heavy atom. The lowest BCUT2D eigenvalue weighted by Crippen LogP contribution is -2.45. The maximum Gasteiger partial charge on any atom is 0.326 e. The second-order valence-corrected chi connectivity index (χ2v) is 6.70. The van der Waals surface area contributed by atoms with Crippen LogP contribution in [0.5, 0.6) is 0 Å². The molecular formula is C17H19ClN4O3. The largest absolute Gasteiger partial charge is 0.480 e. The molecule has 0 saturated heterocycles. The number of halogens is 1. The third kappa shape index (κ3) is 3.37. The van der Waals surface area contributed by atoms with Gasteiger partial charge in [-0.05, 0) is 51.8 Å². The molecule has 3 rings (SSSR count). The summed E-state index contributed by atoms with van der Waals surface area (Å²) in [6.07, 6.45) is 1.58. The van der Waals surface area contributed by atoms with Gasteiger partial charge >= 0.3 is 5.97 Å². The number of rotatable bonds is 5. The molecule has 25 heavy (non-hydrogen) atoms. The van der Waals surface area contributed by atoms with Crippen LogP contribution in [-0.4, -0.2) is 48.7 Å². The van der Waals surface area contributed by atoms with Crippen LogP contribution >= 0.6 is 11.6 Å². The molecular weight excluding hydrogens is 344 g/mol. The van der Waals surface area contributed by atoms with E-state index < -0.39 is 17.9 Å². The Hall–Kier alpha value is -2.41. The number of hydrogen-bond acceptors (Lipinski definition) is 4. The first-order valence-corrected chi connectivity index (χ1v) is 8.43. The normalized spacial score (nSPS) is 15.0. The van der Waals surface area contributed by atoms with Crippen molar-refractivity contribution in [1.29, 1.82) is 0 Å². The quantitative estimate of drug-likeness (QED) is 0.883. The van der Waals surface area contributed by atoms with Crippen LogP contribution in [0.25, 0.3) is 5.82 Å². The van der Waals surface area contributed by atoms with Crippen molar-refractivity contribution in [2.45, 2.75) is 45.7 Å². The zero-order chi connectivity index (χ0) is 18.3. The maximum absolute atomic E-state index is 13.0. The van der Waals surface area contributed by atoms with Crippen molar-refractivity contribution in [2.24, 2.45) is 0 Å². The van der Waals surface area contributed by atoms with Crippen LogP contribution in [0.1, 0.15) is 41.6 Å². The molecule has 2 aromatic rings. The molecule has 1 saturated carbocycles. The molecule has 0 aliphatic heterocycles. The lowest BCUT2D eigenvalue weighted by Gasteiger charge is -2.26. The Bertz CT molecular complexity index is 844. The molecule has 0 aromatic carbocycles. The second kappa shape index (κ2) is 6.48. The highest BCUT2D eigenvalue weighted by Gasteiger charge is 2.40. The molecule has 1 fully saturated rings. The van der Waals surface area contributed by atoms with E-state index in [1.807, 2.05) is 19.9 Å². The monoisotopic (exact) mass is 362 g/mol. The van der Waals surface area contributed by atoms with E-state index >= 15 is 0 Å². The Balaban J connectivity index is 2.01. The van der Waals surface area contributed by atoms with Crippen LogP contribution in [0.3, 0.4) is 0 Å². The fraction of sp³-hybridized carbons (Fsp3) is 0.412. The van der Waals surface area contributed by atoms with Gasteiger partial charge < -0.3 is 10.0 Å². The number of aryl methyl sites for hydroxylation is 2. The first-order chi connectivity index (χ1) is 11.8. The number of hydrogen-bond donors (Lipinski definition) is 1. The molecule has 1 aliphatic carbocycles. The van der Waals surface area contributed by atoms with Gasteiger partial charge in [-0.15, -0.1) is 0 Å². The number of carbonyl (C=O) groups excluding carboxylic acids is 1. The summed E-state index contributed by atoms with van der Waals surface area (Å²) in [5.74, 6) is -1.05. The second-order valence-electron chi connectivity index (χ2n) is 6.30. The summed E-state index contributed by atoms with van der Waals surface area (Å²) in [4.78, 5) is 30.1. The minimum Gasteiger partial charge on any atom is -0.480 e. The maximum atomic E-state index is 13.0. The van der Waals surface area contributed by atoms with Crippen LogP contribution < -0.4 is 0 Å². The number of carboxylic acids is 1. The van der Waals surface area contributed by atoms with E-state index in [-0.39, 0.29) is 16.8 Å². The predicted octanol–water partition coefficient (Wildman–Crippen LogP) is 2.62. The minimum atomic E-state index is -1.05. The molecule has 1 N–H and O–H groups in total. The summed E-state index contributed by atoms with van der Waals surface area (Å²) in [6.45, 7) is 5.26. The molecule has 0 bridgehead atoms. The van der Waals surface area contributed by atoms with E-state index in [0.29, 0.717) is 5.82 Å². The molecule has 0 radical (unpaired) electrons. The van der Waals surface area contributed by atoms with Gasteiger partial charge in [0, 0.05) is 11.7 Å². The predicted molar refractivity (Wildman–Crippen MR) is 92.1 cm³/mol. The summed E-state index contributed by atoms with van der Waals surface area (Å²) in [6, 6.07) is 4.16. The van der Waals surface area contributed by atoms with Crippen molar-refractivity contribution in [1.82, 2.24) is 19.7 Å². The fourth-order valence-electron chi connectivity index (χ4n) is 2.81. The van der Waals surface area contributed by atoms with Crippen LogP contribution in [0.15, 0.2) is 18.2 Å². The number of carboxylic acid groups (broad SMARTS) is 1. The van der Waals surface area contributed by atoms with Gasteiger partial charge in [0.1, 0.15) is 11.7 Å². The Morgan fingerprint density at radius 2 is 2.04 bits per heavy atom. The molecule has 8 heteroatoms. The van der Waals surface area contributed by atoms with Crippen molar-refractivity contribution in [3.63, 3.8) is 0 Å². The first-order valence-electron chi connectivity index (χ1n) is 8.05. The van der Waals surface area contributed by atoms with Crippen molar-refractivity contribution in [3.8, 4) is 5.82 Å². The molecule has 7 nitrogen and oxygen atoms in total. The summed E-state index contributed by atoms with van der Waals surface area (Å²) < 4.78 is 1.63. The molecule has 132 valence electrons. The van der Waals surface area contributed by atoms with E-state index in [9.17, 15) is 14.7 Å². The molecule has 2 aromatic heterocycles. The third-order valence-electron chi connectivity index (χ3n) is 4.21. The van der Waals surface area contributed by atoms with Crippen LogP contribution in [0.2, 0.25) is 5.02 Å². The van der Waals surface area contributed by atoms with Gasteiger partial charge in [0.05, 0.1) is 10.7 Å².